The molecule has 5 heteroatoms. The molecule has 0 amide bonds. The lowest BCUT2D eigenvalue weighted by atomic mass is 10.0. The third kappa shape index (κ3) is 5.49. The molecule has 0 fully saturated rings. The predicted molar refractivity (Wildman–Crippen MR) is 208 cm³/mol. The monoisotopic (exact) mass is 647 g/mol. The number of para-hydroxylation sites is 4. The maximum absolute atomic E-state index is 3.74. The zero-order valence-corrected chi connectivity index (χ0v) is 27.6. The number of hydrogen-bond donors (Lipinski definition) is 3. The van der Waals surface area contributed by atoms with E-state index in [1.165, 1.54) is 33.3 Å². The van der Waals surface area contributed by atoms with Crippen molar-refractivity contribution in [1.29, 1.82) is 0 Å². The van der Waals surface area contributed by atoms with Crippen LogP contribution in [0, 0.1) is 0 Å². The summed E-state index contributed by atoms with van der Waals surface area (Å²) < 4.78 is 0. The van der Waals surface area contributed by atoms with Crippen molar-refractivity contribution in [1.82, 2.24) is 10.6 Å². The smallest absolute Gasteiger partial charge is 0.130 e. The van der Waals surface area contributed by atoms with Crippen LogP contribution in [0.1, 0.15) is 28.9 Å². The van der Waals surface area contributed by atoms with Crippen molar-refractivity contribution in [2.75, 3.05) is 21.7 Å². The summed E-state index contributed by atoms with van der Waals surface area (Å²) in [6, 6.07) is 62.8. The first-order chi connectivity index (χ1) is 24.8. The highest BCUT2D eigenvalue weighted by molar-refractivity contribution is 5.99. The predicted octanol–water partition coefficient (Wildman–Crippen LogP) is 10.8. The number of nitrogens with zero attached hydrogens (tertiary/aromatic N) is 2. The molecule has 0 spiro atoms. The Morgan fingerprint density at radius 2 is 1.22 bits per heavy atom. The lowest BCUT2D eigenvalue weighted by Gasteiger charge is -2.29. The Morgan fingerprint density at radius 1 is 0.560 bits per heavy atom. The van der Waals surface area contributed by atoms with Gasteiger partial charge in [-0.15, -0.1) is 0 Å². The summed E-state index contributed by atoms with van der Waals surface area (Å²) in [5.74, 6) is 0. The average molecular weight is 648 g/mol. The molecule has 2 aliphatic rings. The molecule has 5 nitrogen and oxygen atoms in total. The number of hydrogen-bond acceptors (Lipinski definition) is 5. The standard InChI is InChI=1S/C45H37N5/c1-3-14-36(15-4-1)49(43-21-11-13-32-12-7-8-18-39(32)43)38-28-26-34(27-29-38)42-31-46-41(30-47-42)33-22-24-35(25-23-33)45-48-40-19-9-10-20-44(40)50(45)37-16-5-2-6-17-37/h1-29,31,41,45-48H,30H2. The molecule has 3 N–H and O–H groups in total. The highest BCUT2D eigenvalue weighted by Gasteiger charge is 2.31. The molecule has 0 saturated carbocycles. The van der Waals surface area contributed by atoms with Gasteiger partial charge in [0, 0.05) is 35.2 Å². The third-order valence-electron chi connectivity index (χ3n) is 9.79. The molecule has 0 saturated heterocycles. The topological polar surface area (TPSA) is 42.6 Å². The summed E-state index contributed by atoms with van der Waals surface area (Å²) in [4.78, 5) is 4.72. The molecule has 7 aromatic carbocycles. The second kappa shape index (κ2) is 12.9. The summed E-state index contributed by atoms with van der Waals surface area (Å²) in [6.07, 6.45) is 2.14. The van der Waals surface area contributed by atoms with E-state index in [1.807, 2.05) is 0 Å². The van der Waals surface area contributed by atoms with Crippen molar-refractivity contribution < 1.29 is 0 Å². The largest absolute Gasteiger partial charge is 0.381 e. The SMILES string of the molecule is C1=C(c2ccc(N(c3ccccc3)c3cccc4ccccc34)cc2)NCC(c2ccc(C3Nc4ccccc4N3c3ccccc3)cc2)N1. The molecule has 0 aromatic heterocycles. The van der Waals surface area contributed by atoms with Crippen molar-refractivity contribution in [3.8, 4) is 0 Å². The molecule has 0 bridgehead atoms. The molecular formula is C45H37N5. The Kier molecular flexibility index (Phi) is 7.63. The van der Waals surface area contributed by atoms with Crippen LogP contribution in [0.15, 0.2) is 182 Å². The van der Waals surface area contributed by atoms with E-state index < -0.39 is 0 Å². The van der Waals surface area contributed by atoms with E-state index in [4.69, 9.17) is 0 Å². The van der Waals surface area contributed by atoms with Gasteiger partial charge in [-0.25, -0.2) is 0 Å². The van der Waals surface area contributed by atoms with Crippen molar-refractivity contribution in [3.05, 3.63) is 199 Å². The van der Waals surface area contributed by atoms with Crippen LogP contribution in [-0.2, 0) is 0 Å². The van der Waals surface area contributed by atoms with Crippen LogP contribution in [0.4, 0.5) is 34.1 Å². The van der Waals surface area contributed by atoms with E-state index >= 15 is 0 Å². The van der Waals surface area contributed by atoms with Crippen molar-refractivity contribution in [2.24, 2.45) is 0 Å². The maximum Gasteiger partial charge on any atom is 0.130 e. The van der Waals surface area contributed by atoms with Crippen LogP contribution >= 0.6 is 0 Å². The fourth-order valence-corrected chi connectivity index (χ4v) is 7.28. The highest BCUT2D eigenvalue weighted by atomic mass is 15.3. The quantitative estimate of drug-likeness (QED) is 0.161. The second-order valence-corrected chi connectivity index (χ2v) is 12.8. The second-order valence-electron chi connectivity index (χ2n) is 12.8. The van der Waals surface area contributed by atoms with Crippen LogP contribution in [0.5, 0.6) is 0 Å². The minimum atomic E-state index is 0.0224. The van der Waals surface area contributed by atoms with Gasteiger partial charge in [-0.05, 0) is 76.7 Å². The summed E-state index contributed by atoms with van der Waals surface area (Å²) in [5.41, 5.74) is 11.6. The fourth-order valence-electron chi connectivity index (χ4n) is 7.28. The van der Waals surface area contributed by atoms with E-state index in [0.29, 0.717) is 0 Å². The van der Waals surface area contributed by atoms with Crippen LogP contribution in [0.2, 0.25) is 0 Å². The molecule has 9 rings (SSSR count). The molecule has 2 atom stereocenters. The molecule has 2 unspecified atom stereocenters. The summed E-state index contributed by atoms with van der Waals surface area (Å²) in [7, 11) is 0. The molecule has 242 valence electrons. The zero-order valence-electron chi connectivity index (χ0n) is 27.6. The van der Waals surface area contributed by atoms with E-state index in [9.17, 15) is 0 Å². The molecule has 0 radical (unpaired) electrons. The first-order valence-electron chi connectivity index (χ1n) is 17.2. The van der Waals surface area contributed by atoms with Crippen LogP contribution in [-0.4, -0.2) is 6.54 Å². The first kappa shape index (κ1) is 29.7. The number of anilines is 6. The lowest BCUT2D eigenvalue weighted by molar-refractivity contribution is 0.573. The highest BCUT2D eigenvalue weighted by Crippen LogP contribution is 2.46. The van der Waals surface area contributed by atoms with Gasteiger partial charge in [-0.3, -0.25) is 0 Å². The number of fused-ring (bicyclic) bond motifs is 2. The van der Waals surface area contributed by atoms with E-state index in [-0.39, 0.29) is 12.2 Å². The average Bonchev–Trinajstić information content (AvgIpc) is 3.59. The number of nitrogens with one attached hydrogen (secondary N) is 3. The first-order valence-corrected chi connectivity index (χ1v) is 17.2. The van der Waals surface area contributed by atoms with Gasteiger partial charge in [0.2, 0.25) is 0 Å². The summed E-state index contributed by atoms with van der Waals surface area (Å²) >= 11 is 0. The lowest BCUT2D eigenvalue weighted by Crippen LogP contribution is -2.34. The minimum absolute atomic E-state index is 0.0224. The summed E-state index contributed by atoms with van der Waals surface area (Å²) in [5, 5.41) is 13.6. The molecule has 2 aliphatic heterocycles. The van der Waals surface area contributed by atoms with Gasteiger partial charge >= 0.3 is 0 Å². The molecule has 2 heterocycles. The Labute approximate surface area is 293 Å². The Hall–Kier alpha value is -6.46. The van der Waals surface area contributed by atoms with Gasteiger partial charge in [0.1, 0.15) is 6.17 Å². The molecule has 0 aliphatic carbocycles. The minimum Gasteiger partial charge on any atom is -0.381 e. The van der Waals surface area contributed by atoms with Crippen LogP contribution in [0.25, 0.3) is 16.5 Å². The van der Waals surface area contributed by atoms with Crippen molar-refractivity contribution >= 4 is 50.6 Å². The van der Waals surface area contributed by atoms with Gasteiger partial charge in [0.05, 0.1) is 28.8 Å². The van der Waals surface area contributed by atoms with Crippen LogP contribution in [0.3, 0.4) is 0 Å². The molecule has 50 heavy (non-hydrogen) atoms. The Bertz CT molecular complexity index is 2280. The Balaban J connectivity index is 0.933. The fraction of sp³-hybridized carbons (Fsp3) is 0.0667. The van der Waals surface area contributed by atoms with Crippen molar-refractivity contribution in [3.63, 3.8) is 0 Å². The summed E-state index contributed by atoms with van der Waals surface area (Å²) in [6.45, 7) is 0.794. The van der Waals surface area contributed by atoms with E-state index in [0.717, 1.165) is 40.6 Å². The van der Waals surface area contributed by atoms with Crippen molar-refractivity contribution in [2.45, 2.75) is 12.2 Å². The van der Waals surface area contributed by atoms with Gasteiger partial charge in [0.15, 0.2) is 0 Å². The number of rotatable bonds is 7. The van der Waals surface area contributed by atoms with E-state index in [1.54, 1.807) is 0 Å². The maximum atomic E-state index is 3.74. The van der Waals surface area contributed by atoms with Gasteiger partial charge in [-0.2, -0.15) is 0 Å². The van der Waals surface area contributed by atoms with Crippen LogP contribution < -0.4 is 25.8 Å². The zero-order chi connectivity index (χ0) is 33.3. The van der Waals surface area contributed by atoms with Gasteiger partial charge in [0.25, 0.3) is 0 Å². The molecule has 7 aromatic rings. The third-order valence-corrected chi connectivity index (χ3v) is 9.79. The van der Waals surface area contributed by atoms with Gasteiger partial charge < -0.3 is 25.8 Å². The van der Waals surface area contributed by atoms with E-state index in [2.05, 4.69) is 208 Å². The number of benzene rings is 7. The molecular weight excluding hydrogens is 611 g/mol. The Morgan fingerprint density at radius 3 is 2.00 bits per heavy atom. The van der Waals surface area contributed by atoms with Gasteiger partial charge in [-0.1, -0.05) is 121 Å². The normalized spacial score (nSPS) is 16.5.